The van der Waals surface area contributed by atoms with E-state index in [9.17, 15) is 5.11 Å². The van der Waals surface area contributed by atoms with Crippen molar-refractivity contribution in [2.75, 3.05) is 6.61 Å². The molecule has 0 aromatic heterocycles. The van der Waals surface area contributed by atoms with Gasteiger partial charge in [0.1, 0.15) is 12.4 Å². The summed E-state index contributed by atoms with van der Waals surface area (Å²) in [6, 6.07) is 7.27. The summed E-state index contributed by atoms with van der Waals surface area (Å²) in [6.07, 6.45) is -1.06. The lowest BCUT2D eigenvalue weighted by atomic mass is 10.1. The van der Waals surface area contributed by atoms with Gasteiger partial charge in [-0.15, -0.1) is 0 Å². The molecule has 0 radical (unpaired) electrons. The first kappa shape index (κ1) is 11.0. The first-order chi connectivity index (χ1) is 6.61. The molecule has 14 heavy (non-hydrogen) atoms. The molecule has 0 spiro atoms. The molecular formula is C11H16O3. The van der Waals surface area contributed by atoms with Crippen molar-refractivity contribution in [3.63, 3.8) is 0 Å². The number of rotatable bonds is 4. The van der Waals surface area contributed by atoms with Crippen molar-refractivity contribution >= 4 is 0 Å². The van der Waals surface area contributed by atoms with Crippen LogP contribution in [-0.2, 0) is 0 Å². The van der Waals surface area contributed by atoms with Crippen molar-refractivity contribution in [3.05, 3.63) is 29.8 Å². The summed E-state index contributed by atoms with van der Waals surface area (Å²) < 4.78 is 5.35. The van der Waals surface area contributed by atoms with Gasteiger partial charge in [-0.25, -0.2) is 0 Å². The number of aliphatic hydroxyl groups excluding tert-OH is 2. The zero-order valence-corrected chi connectivity index (χ0v) is 8.47. The van der Waals surface area contributed by atoms with Crippen LogP contribution in [0.5, 0.6) is 5.75 Å². The third-order valence-electron chi connectivity index (χ3n) is 1.85. The van der Waals surface area contributed by atoms with E-state index in [1.807, 2.05) is 18.2 Å². The van der Waals surface area contributed by atoms with Crippen LogP contribution in [0.2, 0.25) is 0 Å². The Morgan fingerprint density at radius 3 is 2.43 bits per heavy atom. The van der Waals surface area contributed by atoms with Crippen LogP contribution in [0, 0.1) is 0 Å². The molecule has 2 N–H and O–H groups in total. The number of hydrogen-bond donors (Lipinski definition) is 2. The van der Waals surface area contributed by atoms with Crippen LogP contribution in [0.3, 0.4) is 0 Å². The van der Waals surface area contributed by atoms with Crippen molar-refractivity contribution < 1.29 is 14.9 Å². The Bertz CT molecular complexity index is 282. The molecule has 0 aliphatic heterocycles. The molecule has 0 amide bonds. The molecule has 3 nitrogen and oxygen atoms in total. The maximum absolute atomic E-state index is 9.43. The second kappa shape index (κ2) is 4.98. The van der Waals surface area contributed by atoms with Crippen LogP contribution >= 0.6 is 0 Å². The first-order valence-electron chi connectivity index (χ1n) is 4.69. The molecule has 0 bridgehead atoms. The largest absolute Gasteiger partial charge is 0.491 e. The van der Waals surface area contributed by atoms with Crippen LogP contribution in [0.4, 0.5) is 0 Å². The molecule has 0 aliphatic rings. The number of aliphatic hydroxyl groups is 2. The summed E-state index contributed by atoms with van der Waals surface area (Å²) in [5.74, 6) is 0.628. The standard InChI is InChI=1S/C11H16O3/c1-8(12)7-14-11-6-4-3-5-10(11)9(2)13/h3-6,8-9,12-13H,7H2,1-2H3/t8-,9+/m1/s1. The van der Waals surface area contributed by atoms with E-state index in [1.54, 1.807) is 19.9 Å². The van der Waals surface area contributed by atoms with Crippen LogP contribution < -0.4 is 4.74 Å². The fourth-order valence-corrected chi connectivity index (χ4v) is 1.17. The van der Waals surface area contributed by atoms with Gasteiger partial charge in [0.15, 0.2) is 0 Å². The molecule has 3 heteroatoms. The van der Waals surface area contributed by atoms with Gasteiger partial charge in [-0.05, 0) is 19.9 Å². The maximum Gasteiger partial charge on any atom is 0.125 e. The van der Waals surface area contributed by atoms with E-state index in [-0.39, 0.29) is 6.61 Å². The van der Waals surface area contributed by atoms with Gasteiger partial charge in [0.25, 0.3) is 0 Å². The van der Waals surface area contributed by atoms with Crippen molar-refractivity contribution in [1.82, 2.24) is 0 Å². The quantitative estimate of drug-likeness (QED) is 0.767. The predicted octanol–water partition coefficient (Wildman–Crippen LogP) is 1.50. The lowest BCUT2D eigenvalue weighted by molar-refractivity contribution is 0.118. The second-order valence-corrected chi connectivity index (χ2v) is 3.37. The highest BCUT2D eigenvalue weighted by molar-refractivity contribution is 5.34. The van der Waals surface area contributed by atoms with Gasteiger partial charge in [-0.2, -0.15) is 0 Å². The minimum atomic E-state index is -0.555. The van der Waals surface area contributed by atoms with Crippen LogP contribution in [0.1, 0.15) is 25.5 Å². The Balaban J connectivity index is 2.74. The molecule has 0 aliphatic carbocycles. The molecule has 78 valence electrons. The minimum Gasteiger partial charge on any atom is -0.491 e. The van der Waals surface area contributed by atoms with Crippen molar-refractivity contribution in [2.45, 2.75) is 26.1 Å². The van der Waals surface area contributed by atoms with Gasteiger partial charge in [0.2, 0.25) is 0 Å². The fraction of sp³-hybridized carbons (Fsp3) is 0.455. The summed E-state index contributed by atoms with van der Waals surface area (Å²) >= 11 is 0. The Labute approximate surface area is 84.0 Å². The highest BCUT2D eigenvalue weighted by Gasteiger charge is 2.08. The van der Waals surface area contributed by atoms with E-state index in [0.717, 1.165) is 5.56 Å². The maximum atomic E-state index is 9.43. The lowest BCUT2D eigenvalue weighted by Gasteiger charge is -2.13. The Morgan fingerprint density at radius 1 is 1.21 bits per heavy atom. The van der Waals surface area contributed by atoms with E-state index in [0.29, 0.717) is 5.75 Å². The highest BCUT2D eigenvalue weighted by atomic mass is 16.5. The number of ether oxygens (including phenoxy) is 1. The van der Waals surface area contributed by atoms with E-state index < -0.39 is 12.2 Å². The Hall–Kier alpha value is -1.06. The van der Waals surface area contributed by atoms with Gasteiger partial charge in [-0.1, -0.05) is 18.2 Å². The Kier molecular flexibility index (Phi) is 3.92. The number of hydrogen-bond acceptors (Lipinski definition) is 3. The average Bonchev–Trinajstić information content (AvgIpc) is 2.15. The smallest absolute Gasteiger partial charge is 0.125 e. The molecular weight excluding hydrogens is 180 g/mol. The molecule has 0 saturated carbocycles. The molecule has 1 rings (SSSR count). The van der Waals surface area contributed by atoms with Crippen molar-refractivity contribution in [1.29, 1.82) is 0 Å². The first-order valence-corrected chi connectivity index (χ1v) is 4.69. The molecule has 0 heterocycles. The zero-order valence-electron chi connectivity index (χ0n) is 8.47. The molecule has 0 fully saturated rings. The molecule has 2 atom stereocenters. The van der Waals surface area contributed by atoms with Gasteiger partial charge in [-0.3, -0.25) is 0 Å². The predicted molar refractivity (Wildman–Crippen MR) is 54.3 cm³/mol. The third kappa shape index (κ3) is 3.01. The van der Waals surface area contributed by atoms with E-state index >= 15 is 0 Å². The van der Waals surface area contributed by atoms with Gasteiger partial charge in [0.05, 0.1) is 12.2 Å². The third-order valence-corrected chi connectivity index (χ3v) is 1.85. The SMILES string of the molecule is C[C@H](O)c1ccccc1OC[C@@H](C)O. The average molecular weight is 196 g/mol. The van der Waals surface area contributed by atoms with Gasteiger partial charge in [0, 0.05) is 5.56 Å². The Morgan fingerprint density at radius 2 is 1.86 bits per heavy atom. The lowest BCUT2D eigenvalue weighted by Crippen LogP contribution is -2.13. The monoisotopic (exact) mass is 196 g/mol. The van der Waals surface area contributed by atoms with Crippen LogP contribution in [0.25, 0.3) is 0 Å². The fourth-order valence-electron chi connectivity index (χ4n) is 1.17. The number of para-hydroxylation sites is 1. The van der Waals surface area contributed by atoms with Gasteiger partial charge >= 0.3 is 0 Å². The highest BCUT2D eigenvalue weighted by Crippen LogP contribution is 2.24. The summed E-state index contributed by atoms with van der Waals surface area (Å²) in [7, 11) is 0. The van der Waals surface area contributed by atoms with Crippen molar-refractivity contribution in [2.24, 2.45) is 0 Å². The van der Waals surface area contributed by atoms with Gasteiger partial charge < -0.3 is 14.9 Å². The molecule has 1 aromatic rings. The molecule has 1 aromatic carbocycles. The normalized spacial score (nSPS) is 14.9. The molecule has 0 unspecified atom stereocenters. The minimum absolute atomic E-state index is 0.240. The second-order valence-electron chi connectivity index (χ2n) is 3.37. The van der Waals surface area contributed by atoms with E-state index in [1.165, 1.54) is 0 Å². The van der Waals surface area contributed by atoms with Crippen LogP contribution in [0.15, 0.2) is 24.3 Å². The molecule has 0 saturated heterocycles. The topological polar surface area (TPSA) is 49.7 Å². The summed E-state index contributed by atoms with van der Waals surface area (Å²) in [6.45, 7) is 3.58. The zero-order chi connectivity index (χ0) is 10.6. The summed E-state index contributed by atoms with van der Waals surface area (Å²) in [5, 5.41) is 18.5. The van der Waals surface area contributed by atoms with Crippen LogP contribution in [-0.4, -0.2) is 22.9 Å². The van der Waals surface area contributed by atoms with E-state index in [2.05, 4.69) is 0 Å². The van der Waals surface area contributed by atoms with E-state index in [4.69, 9.17) is 9.84 Å². The summed E-state index contributed by atoms with van der Waals surface area (Å²) in [4.78, 5) is 0. The number of benzene rings is 1. The van der Waals surface area contributed by atoms with Crippen molar-refractivity contribution in [3.8, 4) is 5.75 Å². The summed E-state index contributed by atoms with van der Waals surface area (Å²) in [5.41, 5.74) is 0.744.